The predicted molar refractivity (Wildman–Crippen MR) is 134 cm³/mol. The largest absolute Gasteiger partial charge is 0.490 e. The van der Waals surface area contributed by atoms with Gasteiger partial charge in [0, 0.05) is 18.8 Å². The minimum atomic E-state index is -5.08. The summed E-state index contributed by atoms with van der Waals surface area (Å²) in [6.07, 6.45) is -1.75. The first-order chi connectivity index (χ1) is 19.1. The average Bonchev–Trinajstić information content (AvgIpc) is 3.45. The third-order valence-electron chi connectivity index (χ3n) is 6.24. The average molecular weight is 607 g/mol. The number of nitrogens with zero attached hydrogens (tertiary/aromatic N) is 2. The van der Waals surface area contributed by atoms with E-state index in [1.807, 2.05) is 0 Å². The van der Waals surface area contributed by atoms with E-state index >= 15 is 0 Å². The molecule has 0 unspecified atom stereocenters. The molecule has 0 radical (unpaired) electrons. The third-order valence-corrected chi connectivity index (χ3v) is 6.45. The first kappa shape index (κ1) is 31.4. The first-order valence-corrected chi connectivity index (χ1v) is 12.3. The summed E-state index contributed by atoms with van der Waals surface area (Å²) in [5.74, 6) is -4.55. The number of carbonyl (C=O) groups excluding carboxylic acids is 1. The first-order valence-electron chi connectivity index (χ1n) is 12.0. The molecule has 10 nitrogen and oxygen atoms in total. The van der Waals surface area contributed by atoms with Gasteiger partial charge in [-0.15, -0.1) is 0 Å². The van der Waals surface area contributed by atoms with Crippen LogP contribution in [0.1, 0.15) is 47.4 Å². The van der Waals surface area contributed by atoms with E-state index < -0.39 is 47.9 Å². The van der Waals surface area contributed by atoms with E-state index in [0.717, 1.165) is 25.0 Å². The minimum Gasteiger partial charge on any atom is -0.485 e. The minimum absolute atomic E-state index is 0.126. The number of aromatic nitrogens is 2. The van der Waals surface area contributed by atoms with Crippen LogP contribution < -0.4 is 15.4 Å². The van der Waals surface area contributed by atoms with Gasteiger partial charge < -0.3 is 25.6 Å². The van der Waals surface area contributed by atoms with Gasteiger partial charge in [0.2, 0.25) is 0 Å². The van der Waals surface area contributed by atoms with Crippen LogP contribution in [0.3, 0.4) is 0 Å². The maximum absolute atomic E-state index is 14.0. The van der Waals surface area contributed by atoms with Crippen molar-refractivity contribution in [2.75, 3.05) is 6.54 Å². The van der Waals surface area contributed by atoms with E-state index in [9.17, 15) is 36.6 Å². The summed E-state index contributed by atoms with van der Waals surface area (Å²) in [6, 6.07) is 4.98. The summed E-state index contributed by atoms with van der Waals surface area (Å²) >= 11 is 6.23. The molecule has 4 rings (SSSR count). The monoisotopic (exact) mass is 606 g/mol. The molecular weight excluding hydrogens is 583 g/mol. The number of fused-ring (bicyclic) bond motifs is 1. The van der Waals surface area contributed by atoms with Gasteiger partial charge in [0.25, 0.3) is 5.91 Å². The summed E-state index contributed by atoms with van der Waals surface area (Å²) in [7, 11) is 0. The number of nitrogens with one attached hydrogen (secondary N) is 2. The van der Waals surface area contributed by atoms with Crippen molar-refractivity contribution < 1.29 is 51.3 Å². The number of benzene rings is 1. The molecule has 2 amide bonds. The quantitative estimate of drug-likeness (QED) is 0.274. The lowest BCUT2D eigenvalue weighted by Gasteiger charge is -2.29. The Morgan fingerprint density at radius 2 is 1.73 bits per heavy atom. The molecule has 0 bridgehead atoms. The highest BCUT2D eigenvalue weighted by Gasteiger charge is 2.38. The zero-order valence-electron chi connectivity index (χ0n) is 21.3. The summed E-state index contributed by atoms with van der Waals surface area (Å²) in [5, 5.41) is 21.9. The van der Waals surface area contributed by atoms with Gasteiger partial charge in [0.15, 0.2) is 11.4 Å². The molecule has 1 aromatic carbocycles. The molecular formula is C25H24ClF5N4O6. The zero-order chi connectivity index (χ0) is 30.5. The number of carboxylic acids is 1. The van der Waals surface area contributed by atoms with Gasteiger partial charge in [-0.2, -0.15) is 13.2 Å². The normalized spacial score (nSPS) is 14.2. The molecule has 1 aliphatic rings. The Labute approximate surface area is 234 Å². The molecule has 2 heterocycles. The standard InChI is InChI=1S/C23H23ClF2N4O4.C2HF3O2/c1-13-19(21(31)27-12-23(29-22(32)33)7-2-3-8-23)30-10-14(24)9-18(20(30)28-13)34-11-15-16(25)5-4-6-17(15)26;3-2(4,5)1(6)7/h4-6,9-10,29H,2-3,7-8,11-12H2,1H3,(H,27,31)(H,32,33);(H,6,7). The number of aryl methyl sites for hydroxylation is 1. The lowest BCUT2D eigenvalue weighted by molar-refractivity contribution is -0.192. The Balaban J connectivity index is 0.000000587. The molecule has 1 saturated carbocycles. The van der Waals surface area contributed by atoms with E-state index in [1.165, 1.54) is 22.7 Å². The second-order valence-corrected chi connectivity index (χ2v) is 9.59. The molecule has 16 heteroatoms. The Bertz CT molecular complexity index is 1440. The van der Waals surface area contributed by atoms with Gasteiger partial charge in [-0.3, -0.25) is 9.20 Å². The van der Waals surface area contributed by atoms with Crippen LogP contribution in [0.15, 0.2) is 30.5 Å². The van der Waals surface area contributed by atoms with E-state index in [0.29, 0.717) is 18.5 Å². The molecule has 0 saturated heterocycles. The molecule has 4 N–H and O–H groups in total. The van der Waals surface area contributed by atoms with Crippen LogP contribution in [-0.4, -0.2) is 55.8 Å². The number of imidazole rings is 1. The van der Waals surface area contributed by atoms with Gasteiger partial charge in [0.1, 0.15) is 23.9 Å². The van der Waals surface area contributed by atoms with Gasteiger partial charge in [0.05, 0.1) is 21.8 Å². The van der Waals surface area contributed by atoms with Crippen molar-refractivity contribution >= 4 is 35.2 Å². The van der Waals surface area contributed by atoms with Crippen molar-refractivity contribution in [3.8, 4) is 5.75 Å². The summed E-state index contributed by atoms with van der Waals surface area (Å²) in [6.45, 7) is 1.36. The number of hydrogen-bond donors (Lipinski definition) is 4. The Morgan fingerprint density at radius 1 is 1.15 bits per heavy atom. The third kappa shape index (κ3) is 7.74. The molecule has 0 atom stereocenters. The SMILES string of the molecule is Cc1nc2c(OCc3c(F)cccc3F)cc(Cl)cn2c1C(=O)NCC1(NC(=O)O)CCCC1.O=C(O)C(F)(F)F. The highest BCUT2D eigenvalue weighted by Crippen LogP contribution is 2.30. The fourth-order valence-corrected chi connectivity index (χ4v) is 4.55. The molecule has 0 spiro atoms. The van der Waals surface area contributed by atoms with Gasteiger partial charge in [-0.25, -0.2) is 23.4 Å². The van der Waals surface area contributed by atoms with Crippen molar-refractivity contribution in [1.82, 2.24) is 20.0 Å². The molecule has 0 aliphatic heterocycles. The van der Waals surface area contributed by atoms with E-state index in [4.69, 9.17) is 26.2 Å². The number of ether oxygens (including phenoxy) is 1. The fraction of sp³-hybridized carbons (Fsp3) is 0.360. The zero-order valence-corrected chi connectivity index (χ0v) is 22.1. The highest BCUT2D eigenvalue weighted by molar-refractivity contribution is 6.30. The van der Waals surface area contributed by atoms with E-state index in [1.54, 1.807) is 6.92 Å². The summed E-state index contributed by atoms with van der Waals surface area (Å²) in [5.41, 5.74) is -0.125. The van der Waals surface area contributed by atoms with E-state index in [-0.39, 0.29) is 34.2 Å². The number of carboxylic acid groups (broad SMARTS) is 2. The fourth-order valence-electron chi connectivity index (χ4n) is 4.35. The summed E-state index contributed by atoms with van der Waals surface area (Å²) in [4.78, 5) is 37.6. The number of halogens is 6. The number of aliphatic carboxylic acids is 1. The number of carbonyl (C=O) groups is 3. The molecule has 1 aliphatic carbocycles. The topological polar surface area (TPSA) is 142 Å². The molecule has 222 valence electrons. The predicted octanol–water partition coefficient (Wildman–Crippen LogP) is 5.10. The Kier molecular flexibility index (Phi) is 9.63. The van der Waals surface area contributed by atoms with Gasteiger partial charge in [-0.05, 0) is 31.9 Å². The van der Waals surface area contributed by atoms with E-state index in [2.05, 4.69) is 15.6 Å². The van der Waals surface area contributed by atoms with Crippen molar-refractivity contribution in [3.05, 3.63) is 64.1 Å². The summed E-state index contributed by atoms with van der Waals surface area (Å²) < 4.78 is 66.8. The number of rotatable bonds is 7. The van der Waals surface area contributed by atoms with Gasteiger partial charge >= 0.3 is 18.2 Å². The van der Waals surface area contributed by atoms with Crippen LogP contribution in [0.5, 0.6) is 5.75 Å². The van der Waals surface area contributed by atoms with Crippen LogP contribution in [0.2, 0.25) is 5.02 Å². The number of pyridine rings is 1. The Hall–Kier alpha value is -4.14. The van der Waals surface area contributed by atoms with Crippen molar-refractivity contribution in [2.24, 2.45) is 0 Å². The highest BCUT2D eigenvalue weighted by atomic mass is 35.5. The number of alkyl halides is 3. The molecule has 2 aromatic heterocycles. The van der Waals surface area contributed by atoms with Crippen molar-refractivity contribution in [1.29, 1.82) is 0 Å². The lowest BCUT2D eigenvalue weighted by Crippen LogP contribution is -2.53. The molecule has 3 aromatic rings. The van der Waals surface area contributed by atoms with Crippen molar-refractivity contribution in [2.45, 2.75) is 50.9 Å². The second-order valence-electron chi connectivity index (χ2n) is 9.15. The van der Waals surface area contributed by atoms with Crippen LogP contribution >= 0.6 is 11.6 Å². The Morgan fingerprint density at radius 3 is 2.27 bits per heavy atom. The lowest BCUT2D eigenvalue weighted by atomic mass is 9.97. The molecule has 41 heavy (non-hydrogen) atoms. The second kappa shape index (κ2) is 12.6. The number of amides is 2. The van der Waals surface area contributed by atoms with Crippen LogP contribution in [0.25, 0.3) is 5.65 Å². The molecule has 1 fully saturated rings. The maximum Gasteiger partial charge on any atom is 0.490 e. The van der Waals surface area contributed by atoms with Crippen LogP contribution in [0, 0.1) is 18.6 Å². The van der Waals surface area contributed by atoms with Crippen molar-refractivity contribution in [3.63, 3.8) is 0 Å². The smallest absolute Gasteiger partial charge is 0.485 e. The van der Waals surface area contributed by atoms with Crippen LogP contribution in [-0.2, 0) is 11.4 Å². The number of hydrogen-bond acceptors (Lipinski definition) is 5. The maximum atomic E-state index is 14.0. The van der Waals surface area contributed by atoms with Gasteiger partial charge in [-0.1, -0.05) is 30.5 Å². The van der Waals surface area contributed by atoms with Crippen LogP contribution in [0.4, 0.5) is 26.7 Å².